The van der Waals surface area contributed by atoms with Crippen LogP contribution in [0, 0.1) is 0 Å². The van der Waals surface area contributed by atoms with Crippen LogP contribution < -0.4 is 4.90 Å². The highest BCUT2D eigenvalue weighted by Crippen LogP contribution is 2.61. The molecular formula is C47H33N. The van der Waals surface area contributed by atoms with Crippen LogP contribution in [0.15, 0.2) is 200 Å². The standard InChI is InChI=1S/C47H33N/c1-6-19-34(20-7-1)39-31-18-32-43-45(39)42-33-44(48(37-25-12-4-13-26-37)38-27-14-5-15-28-38)40-29-16-17-30-41(40)46(42)47(43,35-21-8-2-9-22-35)36-23-10-3-11-24-36/h1-33H. The molecule has 0 bridgehead atoms. The fraction of sp³-hybridized carbons (Fsp3) is 0.0213. The van der Waals surface area contributed by atoms with Crippen molar-refractivity contribution in [1.82, 2.24) is 0 Å². The van der Waals surface area contributed by atoms with E-state index in [-0.39, 0.29) is 0 Å². The molecule has 226 valence electrons. The topological polar surface area (TPSA) is 3.24 Å². The summed E-state index contributed by atoms with van der Waals surface area (Å²) in [7, 11) is 0. The molecule has 0 saturated carbocycles. The van der Waals surface area contributed by atoms with Crippen LogP contribution >= 0.6 is 0 Å². The van der Waals surface area contributed by atoms with Crippen LogP contribution in [-0.4, -0.2) is 0 Å². The maximum absolute atomic E-state index is 2.47. The van der Waals surface area contributed by atoms with Crippen LogP contribution in [0.1, 0.15) is 22.3 Å². The first kappa shape index (κ1) is 28.1. The Balaban J connectivity index is 1.49. The molecular weight excluding hydrogens is 579 g/mol. The Hall–Kier alpha value is -6.18. The minimum atomic E-state index is -0.527. The molecule has 0 unspecified atom stereocenters. The second-order valence-corrected chi connectivity index (χ2v) is 12.4. The van der Waals surface area contributed by atoms with Gasteiger partial charge in [-0.2, -0.15) is 0 Å². The van der Waals surface area contributed by atoms with Gasteiger partial charge in [0.2, 0.25) is 0 Å². The number of anilines is 3. The zero-order chi connectivity index (χ0) is 31.9. The van der Waals surface area contributed by atoms with Crippen LogP contribution in [0.3, 0.4) is 0 Å². The van der Waals surface area contributed by atoms with Gasteiger partial charge in [-0.05, 0) is 80.2 Å². The number of fused-ring (bicyclic) bond motifs is 5. The molecule has 0 fully saturated rings. The monoisotopic (exact) mass is 611 g/mol. The van der Waals surface area contributed by atoms with Crippen LogP contribution in [0.4, 0.5) is 17.1 Å². The molecule has 0 spiro atoms. The average molecular weight is 612 g/mol. The molecule has 0 heterocycles. The number of nitrogens with zero attached hydrogens (tertiary/aromatic N) is 1. The molecule has 9 rings (SSSR count). The summed E-state index contributed by atoms with van der Waals surface area (Å²) in [6, 6.07) is 73.0. The third-order valence-corrected chi connectivity index (χ3v) is 9.90. The van der Waals surface area contributed by atoms with Crippen molar-refractivity contribution < 1.29 is 0 Å². The van der Waals surface area contributed by atoms with Gasteiger partial charge in [0.25, 0.3) is 0 Å². The maximum atomic E-state index is 2.47. The van der Waals surface area contributed by atoms with Crippen molar-refractivity contribution in [3.05, 3.63) is 222 Å². The van der Waals surface area contributed by atoms with Crippen molar-refractivity contribution in [3.63, 3.8) is 0 Å². The number of hydrogen-bond acceptors (Lipinski definition) is 1. The molecule has 8 aromatic rings. The normalized spacial score (nSPS) is 12.8. The van der Waals surface area contributed by atoms with Gasteiger partial charge in [-0.3, -0.25) is 0 Å². The van der Waals surface area contributed by atoms with Crippen LogP contribution in [0.2, 0.25) is 0 Å². The molecule has 0 radical (unpaired) electrons. The van der Waals surface area contributed by atoms with Crippen molar-refractivity contribution in [2.75, 3.05) is 4.90 Å². The predicted octanol–water partition coefficient (Wildman–Crippen LogP) is 12.3. The van der Waals surface area contributed by atoms with Crippen molar-refractivity contribution in [2.45, 2.75) is 5.41 Å². The number of hydrogen-bond donors (Lipinski definition) is 0. The zero-order valence-electron chi connectivity index (χ0n) is 26.5. The average Bonchev–Trinajstić information content (AvgIpc) is 3.48. The summed E-state index contributed by atoms with van der Waals surface area (Å²) in [5.74, 6) is 0. The maximum Gasteiger partial charge on any atom is 0.0719 e. The highest BCUT2D eigenvalue weighted by molar-refractivity contribution is 6.10. The van der Waals surface area contributed by atoms with Crippen molar-refractivity contribution >= 4 is 27.8 Å². The molecule has 0 aliphatic heterocycles. The quantitative estimate of drug-likeness (QED) is 0.181. The second kappa shape index (κ2) is 11.6. The zero-order valence-corrected chi connectivity index (χ0v) is 26.5. The van der Waals surface area contributed by atoms with E-state index >= 15 is 0 Å². The van der Waals surface area contributed by atoms with Crippen LogP contribution in [-0.2, 0) is 5.41 Å². The third-order valence-electron chi connectivity index (χ3n) is 9.90. The Morgan fingerprint density at radius 2 is 0.854 bits per heavy atom. The van der Waals surface area contributed by atoms with E-state index in [1.807, 2.05) is 0 Å². The van der Waals surface area contributed by atoms with E-state index in [1.165, 1.54) is 55.3 Å². The van der Waals surface area contributed by atoms with E-state index in [1.54, 1.807) is 0 Å². The number of rotatable bonds is 6. The summed E-state index contributed by atoms with van der Waals surface area (Å²) < 4.78 is 0. The Bertz CT molecular complexity index is 2290. The van der Waals surface area contributed by atoms with Crippen LogP contribution in [0.5, 0.6) is 0 Å². The van der Waals surface area contributed by atoms with Crippen molar-refractivity contribution in [1.29, 1.82) is 0 Å². The van der Waals surface area contributed by atoms with Gasteiger partial charge in [0.15, 0.2) is 0 Å². The molecule has 0 atom stereocenters. The van der Waals surface area contributed by atoms with E-state index in [2.05, 4.69) is 205 Å². The predicted molar refractivity (Wildman–Crippen MR) is 201 cm³/mol. The molecule has 0 aromatic heterocycles. The Kier molecular flexibility index (Phi) is 6.76. The van der Waals surface area contributed by atoms with Gasteiger partial charge >= 0.3 is 0 Å². The fourth-order valence-corrected chi connectivity index (χ4v) is 8.01. The molecule has 1 heteroatoms. The summed E-state index contributed by atoms with van der Waals surface area (Å²) in [5, 5.41) is 2.47. The fourth-order valence-electron chi connectivity index (χ4n) is 8.01. The smallest absolute Gasteiger partial charge is 0.0719 e. The van der Waals surface area contributed by atoms with Gasteiger partial charge < -0.3 is 4.90 Å². The molecule has 1 aliphatic rings. The summed E-state index contributed by atoms with van der Waals surface area (Å²) >= 11 is 0. The van der Waals surface area contributed by atoms with Crippen molar-refractivity contribution in [3.8, 4) is 22.3 Å². The molecule has 48 heavy (non-hydrogen) atoms. The van der Waals surface area contributed by atoms with Crippen LogP contribution in [0.25, 0.3) is 33.0 Å². The molecule has 1 aliphatic carbocycles. The lowest BCUT2D eigenvalue weighted by atomic mass is 9.66. The minimum Gasteiger partial charge on any atom is -0.310 e. The van der Waals surface area contributed by atoms with Crippen molar-refractivity contribution in [2.24, 2.45) is 0 Å². The Labute approximate surface area is 282 Å². The minimum absolute atomic E-state index is 0.527. The van der Waals surface area contributed by atoms with E-state index in [9.17, 15) is 0 Å². The van der Waals surface area contributed by atoms with E-state index in [4.69, 9.17) is 0 Å². The highest BCUT2D eigenvalue weighted by Gasteiger charge is 2.48. The molecule has 8 aromatic carbocycles. The Morgan fingerprint density at radius 1 is 0.375 bits per heavy atom. The molecule has 1 nitrogen and oxygen atoms in total. The van der Waals surface area contributed by atoms with Gasteiger partial charge in [0.05, 0.1) is 11.1 Å². The van der Waals surface area contributed by atoms with Gasteiger partial charge in [-0.25, -0.2) is 0 Å². The Morgan fingerprint density at radius 3 is 1.42 bits per heavy atom. The first-order chi connectivity index (χ1) is 23.9. The summed E-state index contributed by atoms with van der Waals surface area (Å²) in [4.78, 5) is 2.42. The molecule has 0 N–H and O–H groups in total. The van der Waals surface area contributed by atoms with Gasteiger partial charge in [-0.15, -0.1) is 0 Å². The SMILES string of the molecule is c1ccc(-c2cccc3c2-c2cc(N(c4ccccc4)c4ccccc4)c4ccccc4c2C3(c2ccccc2)c2ccccc2)cc1. The highest BCUT2D eigenvalue weighted by atomic mass is 15.1. The second-order valence-electron chi connectivity index (χ2n) is 12.4. The number of benzene rings is 8. The lowest BCUT2D eigenvalue weighted by Gasteiger charge is -2.35. The lowest BCUT2D eigenvalue weighted by molar-refractivity contribution is 0.775. The first-order valence-corrected chi connectivity index (χ1v) is 16.6. The molecule has 0 amide bonds. The summed E-state index contributed by atoms with van der Waals surface area (Å²) in [6.45, 7) is 0. The van der Waals surface area contributed by atoms with E-state index in [0.29, 0.717) is 0 Å². The summed E-state index contributed by atoms with van der Waals surface area (Å²) in [5.41, 5.74) is 13.1. The first-order valence-electron chi connectivity index (χ1n) is 16.6. The lowest BCUT2D eigenvalue weighted by Crippen LogP contribution is -2.29. The molecule has 0 saturated heterocycles. The van der Waals surface area contributed by atoms with Gasteiger partial charge in [0.1, 0.15) is 0 Å². The van der Waals surface area contributed by atoms with E-state index < -0.39 is 5.41 Å². The van der Waals surface area contributed by atoms with Gasteiger partial charge in [-0.1, -0.05) is 170 Å². The van der Waals surface area contributed by atoms with Gasteiger partial charge in [0, 0.05) is 16.8 Å². The van der Waals surface area contributed by atoms with E-state index in [0.717, 1.165) is 17.1 Å². The number of para-hydroxylation sites is 2. The summed E-state index contributed by atoms with van der Waals surface area (Å²) in [6.07, 6.45) is 0. The third kappa shape index (κ3) is 4.25. The largest absolute Gasteiger partial charge is 0.310 e.